The zero-order valence-corrected chi connectivity index (χ0v) is 14.4. The number of aromatic nitrogens is 1. The van der Waals surface area contributed by atoms with E-state index in [9.17, 15) is 0 Å². The first kappa shape index (κ1) is 14.3. The lowest BCUT2D eigenvalue weighted by atomic mass is 10.1. The van der Waals surface area contributed by atoms with E-state index in [1.165, 1.54) is 16.9 Å². The SMILES string of the molecule is CCc1cc(Br)cc(Br)c1NCc1cnc(Cl)s1. The molecule has 0 aliphatic rings. The lowest BCUT2D eigenvalue weighted by Crippen LogP contribution is -2.02. The molecule has 18 heavy (non-hydrogen) atoms. The Morgan fingerprint density at radius 2 is 2.17 bits per heavy atom. The first-order valence-electron chi connectivity index (χ1n) is 5.42. The quantitative estimate of drug-likeness (QED) is 0.720. The number of nitrogens with one attached hydrogen (secondary N) is 1. The number of halogens is 3. The second kappa shape index (κ2) is 6.37. The minimum absolute atomic E-state index is 0.581. The van der Waals surface area contributed by atoms with Gasteiger partial charge in [0.1, 0.15) is 0 Å². The molecule has 2 aromatic rings. The van der Waals surface area contributed by atoms with Gasteiger partial charge < -0.3 is 5.32 Å². The van der Waals surface area contributed by atoms with Gasteiger partial charge in [0.05, 0.1) is 12.2 Å². The average molecular weight is 411 g/mol. The van der Waals surface area contributed by atoms with Crippen LogP contribution in [0.25, 0.3) is 0 Å². The summed E-state index contributed by atoms with van der Waals surface area (Å²) in [5.41, 5.74) is 2.40. The number of benzene rings is 1. The topological polar surface area (TPSA) is 24.9 Å². The highest BCUT2D eigenvalue weighted by Gasteiger charge is 2.08. The first-order valence-corrected chi connectivity index (χ1v) is 8.20. The highest BCUT2D eigenvalue weighted by molar-refractivity contribution is 9.11. The Bertz CT molecular complexity index is 557. The van der Waals surface area contributed by atoms with Crippen molar-refractivity contribution in [2.24, 2.45) is 0 Å². The Labute approximate surface area is 132 Å². The number of hydrogen-bond donors (Lipinski definition) is 1. The molecule has 2 nitrogen and oxygen atoms in total. The van der Waals surface area contributed by atoms with Gasteiger partial charge in [-0.1, -0.05) is 34.5 Å². The second-order valence-corrected chi connectivity index (χ2v) is 7.18. The summed E-state index contributed by atoms with van der Waals surface area (Å²) in [6.07, 6.45) is 2.78. The fourth-order valence-corrected chi connectivity index (χ4v) is 4.02. The van der Waals surface area contributed by atoms with E-state index >= 15 is 0 Å². The highest BCUT2D eigenvalue weighted by atomic mass is 79.9. The van der Waals surface area contributed by atoms with E-state index in [1.807, 2.05) is 6.07 Å². The van der Waals surface area contributed by atoms with Crippen molar-refractivity contribution in [3.8, 4) is 0 Å². The van der Waals surface area contributed by atoms with Crippen molar-refractivity contribution in [3.63, 3.8) is 0 Å². The number of rotatable bonds is 4. The molecule has 0 aliphatic carbocycles. The monoisotopic (exact) mass is 408 g/mol. The normalized spacial score (nSPS) is 10.7. The Balaban J connectivity index is 2.18. The van der Waals surface area contributed by atoms with Crippen LogP contribution in [0.15, 0.2) is 27.3 Å². The summed E-state index contributed by atoms with van der Waals surface area (Å²) in [6.45, 7) is 2.88. The molecule has 1 N–H and O–H groups in total. The number of aryl methyl sites for hydroxylation is 1. The first-order chi connectivity index (χ1) is 8.60. The third-order valence-corrected chi connectivity index (χ3v) is 4.68. The predicted molar refractivity (Wildman–Crippen MR) is 85.7 cm³/mol. The summed E-state index contributed by atoms with van der Waals surface area (Å²) in [4.78, 5) is 5.15. The largest absolute Gasteiger partial charge is 0.379 e. The number of hydrogen-bond acceptors (Lipinski definition) is 3. The van der Waals surface area contributed by atoms with Crippen LogP contribution in [-0.4, -0.2) is 4.98 Å². The molecule has 96 valence electrons. The second-order valence-electron chi connectivity index (χ2n) is 3.71. The molecule has 0 aliphatic heterocycles. The molecular formula is C12H11Br2ClN2S. The van der Waals surface area contributed by atoms with Crippen LogP contribution >= 0.6 is 54.8 Å². The van der Waals surface area contributed by atoms with Gasteiger partial charge in [-0.2, -0.15) is 0 Å². The molecule has 0 bridgehead atoms. The molecule has 0 saturated heterocycles. The van der Waals surface area contributed by atoms with Gasteiger partial charge in [0.2, 0.25) is 0 Å². The Hall–Kier alpha value is -0.100. The smallest absolute Gasteiger partial charge is 0.183 e. The molecule has 0 spiro atoms. The van der Waals surface area contributed by atoms with Gasteiger partial charge in [0.25, 0.3) is 0 Å². The van der Waals surface area contributed by atoms with Crippen molar-refractivity contribution in [3.05, 3.63) is 42.2 Å². The van der Waals surface area contributed by atoms with Crippen LogP contribution in [0, 0.1) is 0 Å². The van der Waals surface area contributed by atoms with Crippen LogP contribution < -0.4 is 5.32 Å². The molecule has 0 unspecified atom stereocenters. The van der Waals surface area contributed by atoms with Crippen molar-refractivity contribution in [1.82, 2.24) is 4.98 Å². The zero-order chi connectivity index (χ0) is 13.1. The van der Waals surface area contributed by atoms with E-state index in [-0.39, 0.29) is 0 Å². The zero-order valence-electron chi connectivity index (χ0n) is 9.64. The van der Waals surface area contributed by atoms with Gasteiger partial charge in [-0.05, 0) is 40.0 Å². The molecule has 0 radical (unpaired) electrons. The fourth-order valence-electron chi connectivity index (χ4n) is 1.64. The molecule has 0 atom stereocenters. The number of thiazole rings is 1. The molecule has 2 rings (SSSR count). The van der Waals surface area contributed by atoms with Crippen molar-refractivity contribution >= 4 is 60.5 Å². The van der Waals surface area contributed by atoms with Crippen molar-refractivity contribution in [2.45, 2.75) is 19.9 Å². The molecule has 0 fully saturated rings. The maximum Gasteiger partial charge on any atom is 0.183 e. The minimum atomic E-state index is 0.581. The summed E-state index contributed by atoms with van der Waals surface area (Å²) in [5, 5.41) is 3.43. The summed E-state index contributed by atoms with van der Waals surface area (Å²) in [5.74, 6) is 0. The summed E-state index contributed by atoms with van der Waals surface area (Å²) < 4.78 is 2.72. The average Bonchev–Trinajstić information content (AvgIpc) is 2.73. The van der Waals surface area contributed by atoms with Gasteiger partial charge in [-0.3, -0.25) is 0 Å². The molecule has 1 aromatic heterocycles. The van der Waals surface area contributed by atoms with Crippen LogP contribution in [-0.2, 0) is 13.0 Å². The molecule has 1 heterocycles. The van der Waals surface area contributed by atoms with E-state index in [0.29, 0.717) is 4.47 Å². The maximum atomic E-state index is 5.82. The van der Waals surface area contributed by atoms with Crippen LogP contribution in [0.1, 0.15) is 17.4 Å². The fraction of sp³-hybridized carbons (Fsp3) is 0.250. The van der Waals surface area contributed by atoms with Crippen LogP contribution in [0.3, 0.4) is 0 Å². The standard InChI is InChI=1S/C12H11Br2ClN2S/c1-2-7-3-8(13)4-10(14)11(7)16-5-9-6-17-12(15)18-9/h3-4,6,16H,2,5H2,1H3. The number of nitrogens with zero attached hydrogens (tertiary/aromatic N) is 1. The van der Waals surface area contributed by atoms with E-state index in [4.69, 9.17) is 11.6 Å². The van der Waals surface area contributed by atoms with E-state index in [1.54, 1.807) is 6.20 Å². The summed E-state index contributed by atoms with van der Waals surface area (Å²) in [6, 6.07) is 4.17. The Kier molecular flexibility index (Phi) is 5.06. The molecular weight excluding hydrogens is 399 g/mol. The lowest BCUT2D eigenvalue weighted by Gasteiger charge is -2.13. The van der Waals surface area contributed by atoms with E-state index < -0.39 is 0 Å². The highest BCUT2D eigenvalue weighted by Crippen LogP contribution is 2.32. The number of anilines is 1. The summed E-state index contributed by atoms with van der Waals surface area (Å²) in [7, 11) is 0. The van der Waals surface area contributed by atoms with Gasteiger partial charge in [-0.15, -0.1) is 11.3 Å². The summed E-state index contributed by atoms with van der Waals surface area (Å²) >= 11 is 14.4. The minimum Gasteiger partial charge on any atom is -0.379 e. The molecule has 6 heteroatoms. The molecule has 1 aromatic carbocycles. The van der Waals surface area contributed by atoms with Crippen molar-refractivity contribution in [1.29, 1.82) is 0 Å². The van der Waals surface area contributed by atoms with Crippen LogP contribution in [0.4, 0.5) is 5.69 Å². The predicted octanol–water partition coefficient (Wildman–Crippen LogP) is 5.50. The Morgan fingerprint density at radius 1 is 1.39 bits per heavy atom. The van der Waals surface area contributed by atoms with Gasteiger partial charge >= 0.3 is 0 Å². The molecule has 0 saturated carbocycles. The van der Waals surface area contributed by atoms with Crippen LogP contribution in [0.5, 0.6) is 0 Å². The lowest BCUT2D eigenvalue weighted by molar-refractivity contribution is 1.09. The van der Waals surface area contributed by atoms with E-state index in [2.05, 4.69) is 55.2 Å². The van der Waals surface area contributed by atoms with E-state index in [0.717, 1.165) is 32.5 Å². The van der Waals surface area contributed by atoms with Gasteiger partial charge in [0.15, 0.2) is 4.47 Å². The maximum absolute atomic E-state index is 5.82. The van der Waals surface area contributed by atoms with Crippen molar-refractivity contribution < 1.29 is 0 Å². The van der Waals surface area contributed by atoms with Gasteiger partial charge in [0, 0.05) is 20.0 Å². The molecule has 0 amide bonds. The Morgan fingerprint density at radius 3 is 2.78 bits per heavy atom. The van der Waals surface area contributed by atoms with Crippen molar-refractivity contribution in [2.75, 3.05) is 5.32 Å². The van der Waals surface area contributed by atoms with Gasteiger partial charge in [-0.25, -0.2) is 4.98 Å². The van der Waals surface area contributed by atoms with Crippen LogP contribution in [0.2, 0.25) is 4.47 Å². The third kappa shape index (κ3) is 3.47. The third-order valence-electron chi connectivity index (χ3n) is 2.48.